The first-order valence-corrected chi connectivity index (χ1v) is 10.0. The molecular formula is C12H19PS2. The Labute approximate surface area is 103 Å². The fraction of sp³-hybridized carbons (Fsp3) is 0.500. The van der Waals surface area contributed by atoms with Crippen molar-refractivity contribution in [2.24, 2.45) is 0 Å². The maximum Gasteiger partial charge on any atom is 0.0437 e. The minimum Gasteiger partial charge on any atom is -0.118 e. The van der Waals surface area contributed by atoms with Gasteiger partial charge in [0.2, 0.25) is 0 Å². The van der Waals surface area contributed by atoms with E-state index in [1.54, 1.807) is 0 Å². The number of hydrogen-bond donors (Lipinski definition) is 0. The van der Waals surface area contributed by atoms with E-state index in [2.05, 4.69) is 66.9 Å². The molecule has 0 atom stereocenters. The van der Waals surface area contributed by atoms with E-state index in [9.17, 15) is 0 Å². The third-order valence-electron chi connectivity index (χ3n) is 1.79. The molecule has 1 rings (SSSR count). The Morgan fingerprint density at radius 1 is 0.933 bits per heavy atom. The Bertz CT molecular complexity index is 243. The monoisotopic (exact) mass is 258 g/mol. The van der Waals surface area contributed by atoms with Crippen molar-refractivity contribution >= 4 is 34.4 Å². The second-order valence-electron chi connectivity index (χ2n) is 3.26. The van der Waals surface area contributed by atoms with Crippen LogP contribution in [0.3, 0.4) is 0 Å². The van der Waals surface area contributed by atoms with E-state index in [1.165, 1.54) is 29.7 Å². The molecule has 1 aromatic rings. The molecule has 0 amide bonds. The molecule has 0 aliphatic rings. The van der Waals surface area contributed by atoms with E-state index < -0.39 is 0 Å². The van der Waals surface area contributed by atoms with Crippen molar-refractivity contribution in [3.8, 4) is 0 Å². The summed E-state index contributed by atoms with van der Waals surface area (Å²) in [4.78, 5) is 0. The van der Waals surface area contributed by atoms with Crippen molar-refractivity contribution < 1.29 is 0 Å². The van der Waals surface area contributed by atoms with E-state index in [4.69, 9.17) is 0 Å². The molecule has 3 heteroatoms. The first kappa shape index (κ1) is 13.4. The minimum atomic E-state index is -0.0342. The lowest BCUT2D eigenvalue weighted by atomic mass is 10.4. The van der Waals surface area contributed by atoms with Crippen molar-refractivity contribution in [1.82, 2.24) is 0 Å². The third kappa shape index (κ3) is 5.29. The molecule has 0 spiro atoms. The first-order chi connectivity index (χ1) is 7.38. The maximum atomic E-state index is 2.27. The lowest BCUT2D eigenvalue weighted by Gasteiger charge is -2.15. The van der Waals surface area contributed by atoms with Crippen LogP contribution in [0, 0.1) is 0 Å². The van der Waals surface area contributed by atoms with Crippen molar-refractivity contribution in [2.75, 3.05) is 11.5 Å². The van der Waals surface area contributed by atoms with Gasteiger partial charge in [-0.15, -0.1) is 22.8 Å². The molecule has 0 saturated carbocycles. The summed E-state index contributed by atoms with van der Waals surface area (Å²) in [5.41, 5.74) is 0. The lowest BCUT2D eigenvalue weighted by Crippen LogP contribution is -1.95. The summed E-state index contributed by atoms with van der Waals surface area (Å²) in [6, 6.07) is 11.0. The summed E-state index contributed by atoms with van der Waals surface area (Å²) in [5, 5.41) is 1.53. The van der Waals surface area contributed by atoms with Crippen molar-refractivity contribution in [2.45, 2.75) is 26.7 Å². The summed E-state index contributed by atoms with van der Waals surface area (Å²) in [5.74, 6) is 2.58. The fourth-order valence-corrected chi connectivity index (χ4v) is 8.52. The lowest BCUT2D eigenvalue weighted by molar-refractivity contribution is 1.11. The molecule has 0 nitrogen and oxygen atoms in total. The quantitative estimate of drug-likeness (QED) is 0.637. The van der Waals surface area contributed by atoms with Crippen LogP contribution in [0.4, 0.5) is 0 Å². The molecule has 0 fully saturated rings. The Morgan fingerprint density at radius 3 is 1.93 bits per heavy atom. The molecule has 0 N–H and O–H groups in total. The molecule has 15 heavy (non-hydrogen) atoms. The highest BCUT2D eigenvalue weighted by Crippen LogP contribution is 2.59. The van der Waals surface area contributed by atoms with E-state index in [0.29, 0.717) is 0 Å². The Hall–Kier alpha value is 0.350. The highest BCUT2D eigenvalue weighted by Gasteiger charge is 2.10. The van der Waals surface area contributed by atoms with Gasteiger partial charge in [-0.2, -0.15) is 0 Å². The zero-order valence-electron chi connectivity index (χ0n) is 9.48. The summed E-state index contributed by atoms with van der Waals surface area (Å²) < 4.78 is 0. The van der Waals surface area contributed by atoms with Gasteiger partial charge < -0.3 is 0 Å². The Balaban J connectivity index is 2.55. The zero-order valence-corrected chi connectivity index (χ0v) is 12.0. The van der Waals surface area contributed by atoms with Crippen LogP contribution in [-0.4, -0.2) is 11.5 Å². The van der Waals surface area contributed by atoms with Gasteiger partial charge in [-0.1, -0.05) is 44.2 Å². The Kier molecular flexibility index (Phi) is 7.60. The second kappa shape index (κ2) is 8.50. The smallest absolute Gasteiger partial charge is 0.0437 e. The van der Waals surface area contributed by atoms with E-state index in [1.807, 2.05) is 0 Å². The molecule has 0 radical (unpaired) electrons. The van der Waals surface area contributed by atoms with Crippen LogP contribution in [-0.2, 0) is 0 Å². The van der Waals surface area contributed by atoms with Gasteiger partial charge in [-0.05, 0) is 29.7 Å². The SMILES string of the molecule is CCCSP(SCCC)c1ccccc1. The molecule has 0 bridgehead atoms. The molecule has 0 aliphatic heterocycles. The maximum absolute atomic E-state index is 2.27. The largest absolute Gasteiger partial charge is 0.118 e. The van der Waals surface area contributed by atoms with E-state index in [-0.39, 0.29) is 6.33 Å². The molecule has 1 aromatic carbocycles. The summed E-state index contributed by atoms with van der Waals surface area (Å²) in [6.07, 6.45) is 2.53. The van der Waals surface area contributed by atoms with Crippen LogP contribution in [0.25, 0.3) is 0 Å². The molecule has 0 heterocycles. The normalized spacial score (nSPS) is 10.9. The van der Waals surface area contributed by atoms with Gasteiger partial charge in [0.05, 0.1) is 0 Å². The van der Waals surface area contributed by atoms with Crippen LogP contribution >= 0.6 is 29.1 Å². The van der Waals surface area contributed by atoms with E-state index in [0.717, 1.165) is 0 Å². The van der Waals surface area contributed by atoms with Gasteiger partial charge in [0, 0.05) is 6.33 Å². The van der Waals surface area contributed by atoms with Crippen LogP contribution in [0.2, 0.25) is 0 Å². The topological polar surface area (TPSA) is 0 Å². The second-order valence-corrected chi connectivity index (χ2v) is 10.1. The molecule has 84 valence electrons. The average Bonchev–Trinajstić information content (AvgIpc) is 2.30. The Morgan fingerprint density at radius 2 is 1.47 bits per heavy atom. The standard InChI is InChI=1S/C12H19PS2/c1-3-10-14-13(15-11-4-2)12-8-6-5-7-9-12/h5-9H,3-4,10-11H2,1-2H3. The molecule has 0 unspecified atom stereocenters. The van der Waals surface area contributed by atoms with E-state index >= 15 is 0 Å². The third-order valence-corrected chi connectivity index (χ3v) is 9.83. The summed E-state index contributed by atoms with van der Waals surface area (Å²) in [7, 11) is 0. The molecule has 0 aliphatic carbocycles. The highest BCUT2D eigenvalue weighted by molar-refractivity contribution is 8.90. The van der Waals surface area contributed by atoms with Crippen molar-refractivity contribution in [1.29, 1.82) is 0 Å². The predicted octanol–water partition coefficient (Wildman–Crippen LogP) is 4.91. The molecule has 0 saturated heterocycles. The van der Waals surface area contributed by atoms with Crippen molar-refractivity contribution in [3.63, 3.8) is 0 Å². The molecular weight excluding hydrogens is 239 g/mol. The van der Waals surface area contributed by atoms with Gasteiger partial charge in [0.25, 0.3) is 0 Å². The zero-order chi connectivity index (χ0) is 10.9. The van der Waals surface area contributed by atoms with Crippen LogP contribution in [0.1, 0.15) is 26.7 Å². The van der Waals surface area contributed by atoms with Gasteiger partial charge in [-0.25, -0.2) is 0 Å². The minimum absolute atomic E-state index is 0.0342. The number of benzene rings is 1. The summed E-state index contributed by atoms with van der Waals surface area (Å²) >= 11 is 4.28. The first-order valence-electron chi connectivity index (χ1n) is 5.49. The average molecular weight is 258 g/mol. The molecule has 0 aromatic heterocycles. The van der Waals surface area contributed by atoms with Crippen molar-refractivity contribution in [3.05, 3.63) is 30.3 Å². The van der Waals surface area contributed by atoms with Gasteiger partial charge in [0.15, 0.2) is 0 Å². The van der Waals surface area contributed by atoms with Gasteiger partial charge >= 0.3 is 0 Å². The van der Waals surface area contributed by atoms with Crippen LogP contribution in [0.5, 0.6) is 0 Å². The highest BCUT2D eigenvalue weighted by atomic mass is 33.1. The van der Waals surface area contributed by atoms with Gasteiger partial charge in [-0.3, -0.25) is 0 Å². The fourth-order valence-electron chi connectivity index (χ4n) is 1.08. The van der Waals surface area contributed by atoms with Crippen LogP contribution < -0.4 is 5.30 Å². The number of hydrogen-bond acceptors (Lipinski definition) is 2. The predicted molar refractivity (Wildman–Crippen MR) is 78.5 cm³/mol. The van der Waals surface area contributed by atoms with Gasteiger partial charge in [0.1, 0.15) is 0 Å². The van der Waals surface area contributed by atoms with Crippen LogP contribution in [0.15, 0.2) is 30.3 Å². The number of rotatable bonds is 7. The summed E-state index contributed by atoms with van der Waals surface area (Å²) in [6.45, 7) is 4.52.